The number of benzene rings is 2. The highest BCUT2D eigenvalue weighted by Gasteiger charge is 1.97. The number of fused-ring (bicyclic) bond motifs is 1. The van der Waals surface area contributed by atoms with Crippen molar-refractivity contribution in [1.29, 1.82) is 0 Å². The van der Waals surface area contributed by atoms with Crippen molar-refractivity contribution in [3.63, 3.8) is 0 Å². The van der Waals surface area contributed by atoms with E-state index in [2.05, 4.69) is 57.9 Å². The number of nitrogens with two attached hydrogens (primary N) is 1. The van der Waals surface area contributed by atoms with Crippen LogP contribution in [-0.4, -0.2) is 35.3 Å². The number of aliphatic hydroxyl groups excluding tert-OH is 1. The third-order valence-corrected chi connectivity index (χ3v) is 4.61. The molecule has 0 bridgehead atoms. The van der Waals surface area contributed by atoms with Gasteiger partial charge in [0.1, 0.15) is 0 Å². The number of hydrogen-bond acceptors (Lipinski definition) is 6. The maximum absolute atomic E-state index is 8.67. The Labute approximate surface area is 183 Å². The molecule has 6 heteroatoms. The zero-order valence-electron chi connectivity index (χ0n) is 17.1. The van der Waals surface area contributed by atoms with Crippen molar-refractivity contribution in [2.75, 3.05) is 20.2 Å². The van der Waals surface area contributed by atoms with E-state index in [9.17, 15) is 0 Å². The maximum Gasteiger partial charge on any atom is 0.0556 e. The molecule has 0 atom stereocenters. The van der Waals surface area contributed by atoms with E-state index in [1.54, 1.807) is 12.4 Å². The number of nitrogens with one attached hydrogen (secondary N) is 1. The van der Waals surface area contributed by atoms with Crippen LogP contribution in [0.1, 0.15) is 5.56 Å². The van der Waals surface area contributed by atoms with E-state index in [-0.39, 0.29) is 6.61 Å². The topological polar surface area (TPSA) is 84.1 Å². The molecule has 2 aromatic heterocycles. The quantitative estimate of drug-likeness (QED) is 0.290. The van der Waals surface area contributed by atoms with E-state index in [0.717, 1.165) is 27.8 Å². The number of rotatable bonds is 5. The van der Waals surface area contributed by atoms with E-state index in [4.69, 9.17) is 5.11 Å². The zero-order chi connectivity index (χ0) is 21.6. The standard InChI is InChI=1S/C14H16N2O.C9H7NS.CH5N/c17-9-8-16-10-12-3-5-13(6-4-12)14-2-1-7-15-11-14;11-9-3-1-2-7-6-10-5-4-8(7)9;1-2/h1-7,11,16-17H,8-10H2;1-6,11H;2H2,1H3. The van der Waals surface area contributed by atoms with Gasteiger partial charge in [0.05, 0.1) is 6.61 Å². The van der Waals surface area contributed by atoms with E-state index in [1.165, 1.54) is 18.2 Å². The lowest BCUT2D eigenvalue weighted by Crippen LogP contribution is -2.17. The minimum absolute atomic E-state index is 0.174. The summed E-state index contributed by atoms with van der Waals surface area (Å²) in [6.45, 7) is 1.59. The molecule has 0 saturated heterocycles. The van der Waals surface area contributed by atoms with Gasteiger partial charge in [-0.2, -0.15) is 0 Å². The Morgan fingerprint density at radius 2 is 1.63 bits per heavy atom. The van der Waals surface area contributed by atoms with Crippen LogP contribution in [-0.2, 0) is 6.54 Å². The minimum Gasteiger partial charge on any atom is -0.395 e. The molecule has 4 N–H and O–H groups in total. The molecule has 4 aromatic rings. The Hall–Kier alpha value is -2.77. The molecular weight excluding hydrogens is 392 g/mol. The first-order valence-corrected chi connectivity index (χ1v) is 10.1. The summed E-state index contributed by atoms with van der Waals surface area (Å²) in [5, 5.41) is 14.1. The molecule has 0 radical (unpaired) electrons. The summed E-state index contributed by atoms with van der Waals surface area (Å²) in [5.74, 6) is 0. The second kappa shape index (κ2) is 13.5. The predicted molar refractivity (Wildman–Crippen MR) is 128 cm³/mol. The van der Waals surface area contributed by atoms with Crippen LogP contribution in [0.4, 0.5) is 0 Å². The van der Waals surface area contributed by atoms with Crippen LogP contribution in [0.25, 0.3) is 21.9 Å². The lowest BCUT2D eigenvalue weighted by Gasteiger charge is -2.05. The van der Waals surface area contributed by atoms with Crippen molar-refractivity contribution in [3.05, 3.63) is 91.0 Å². The van der Waals surface area contributed by atoms with Crippen LogP contribution < -0.4 is 11.1 Å². The zero-order valence-corrected chi connectivity index (χ0v) is 18.0. The number of pyridine rings is 2. The summed E-state index contributed by atoms with van der Waals surface area (Å²) in [6, 6.07) is 20.3. The molecule has 0 aliphatic rings. The molecule has 5 nitrogen and oxygen atoms in total. The van der Waals surface area contributed by atoms with Gasteiger partial charge in [0.2, 0.25) is 0 Å². The molecule has 30 heavy (non-hydrogen) atoms. The van der Waals surface area contributed by atoms with Crippen molar-refractivity contribution in [1.82, 2.24) is 15.3 Å². The van der Waals surface area contributed by atoms with Crippen molar-refractivity contribution < 1.29 is 5.11 Å². The summed E-state index contributed by atoms with van der Waals surface area (Å²) in [6.07, 6.45) is 7.26. The number of hydrogen-bond donors (Lipinski definition) is 4. The number of nitrogens with zero attached hydrogens (tertiary/aromatic N) is 2. The SMILES string of the molecule is CN.OCCNCc1ccc(-c2cccnc2)cc1.Sc1cccc2cnccc12. The summed E-state index contributed by atoms with van der Waals surface area (Å²) in [5.41, 5.74) is 8.01. The van der Waals surface area contributed by atoms with E-state index in [0.29, 0.717) is 6.54 Å². The summed E-state index contributed by atoms with van der Waals surface area (Å²) in [4.78, 5) is 9.13. The Bertz CT molecular complexity index is 989. The van der Waals surface area contributed by atoms with Crippen molar-refractivity contribution in [2.24, 2.45) is 5.73 Å². The first-order chi connectivity index (χ1) is 14.8. The monoisotopic (exact) mass is 420 g/mol. The van der Waals surface area contributed by atoms with Crippen LogP contribution >= 0.6 is 12.6 Å². The van der Waals surface area contributed by atoms with Gasteiger partial charge in [0.25, 0.3) is 0 Å². The third kappa shape index (κ3) is 7.24. The summed E-state index contributed by atoms with van der Waals surface area (Å²) >= 11 is 4.32. The molecular formula is C24H28N4OS. The van der Waals surface area contributed by atoms with Gasteiger partial charge in [0, 0.05) is 48.2 Å². The number of thiol groups is 1. The molecule has 0 aliphatic heterocycles. The van der Waals surface area contributed by atoms with Gasteiger partial charge in [-0.15, -0.1) is 12.6 Å². The molecule has 0 spiro atoms. The highest BCUT2D eigenvalue weighted by molar-refractivity contribution is 7.80. The lowest BCUT2D eigenvalue weighted by atomic mass is 10.1. The molecule has 0 fully saturated rings. The average Bonchev–Trinajstić information content (AvgIpc) is 2.82. The fourth-order valence-electron chi connectivity index (χ4n) is 2.77. The maximum atomic E-state index is 8.67. The third-order valence-electron chi connectivity index (χ3n) is 4.22. The molecule has 0 saturated carbocycles. The van der Waals surface area contributed by atoms with Gasteiger partial charge in [-0.05, 0) is 47.3 Å². The molecule has 0 amide bonds. The van der Waals surface area contributed by atoms with Crippen LogP contribution in [0.3, 0.4) is 0 Å². The largest absolute Gasteiger partial charge is 0.395 e. The van der Waals surface area contributed by atoms with Crippen molar-refractivity contribution >= 4 is 23.4 Å². The molecule has 4 rings (SSSR count). The summed E-state index contributed by atoms with van der Waals surface area (Å²) < 4.78 is 0. The molecule has 156 valence electrons. The first-order valence-electron chi connectivity index (χ1n) is 9.68. The average molecular weight is 421 g/mol. The predicted octanol–water partition coefficient (Wildman–Crippen LogP) is 3.93. The van der Waals surface area contributed by atoms with E-state index >= 15 is 0 Å². The number of aliphatic hydroxyl groups is 1. The van der Waals surface area contributed by atoms with Gasteiger partial charge in [-0.1, -0.05) is 42.5 Å². The van der Waals surface area contributed by atoms with Crippen molar-refractivity contribution in [3.8, 4) is 11.1 Å². The first kappa shape index (κ1) is 23.5. The molecule has 2 heterocycles. The normalized spacial score (nSPS) is 9.87. The number of aromatic nitrogens is 2. The van der Waals surface area contributed by atoms with Gasteiger partial charge in [-0.25, -0.2) is 0 Å². The Kier molecular flexibility index (Phi) is 10.5. The van der Waals surface area contributed by atoms with Gasteiger partial charge < -0.3 is 16.2 Å². The fraction of sp³-hybridized carbons (Fsp3) is 0.167. The van der Waals surface area contributed by atoms with Gasteiger partial charge in [-0.3, -0.25) is 9.97 Å². The molecule has 0 unspecified atom stereocenters. The van der Waals surface area contributed by atoms with Crippen LogP contribution in [0.15, 0.2) is 90.3 Å². The molecule has 0 aliphatic carbocycles. The second-order valence-electron chi connectivity index (χ2n) is 6.21. The van der Waals surface area contributed by atoms with E-state index < -0.39 is 0 Å². The smallest absolute Gasteiger partial charge is 0.0556 e. The van der Waals surface area contributed by atoms with E-state index in [1.807, 2.05) is 48.8 Å². The van der Waals surface area contributed by atoms with Crippen LogP contribution in [0.2, 0.25) is 0 Å². The lowest BCUT2D eigenvalue weighted by molar-refractivity contribution is 0.292. The van der Waals surface area contributed by atoms with Crippen LogP contribution in [0, 0.1) is 0 Å². The Morgan fingerprint density at radius 1 is 0.867 bits per heavy atom. The van der Waals surface area contributed by atoms with Gasteiger partial charge in [0.15, 0.2) is 0 Å². The summed E-state index contributed by atoms with van der Waals surface area (Å²) in [7, 11) is 1.50. The highest BCUT2D eigenvalue weighted by Crippen LogP contribution is 2.20. The fourth-order valence-corrected chi connectivity index (χ4v) is 3.06. The van der Waals surface area contributed by atoms with Crippen molar-refractivity contribution in [2.45, 2.75) is 11.4 Å². The second-order valence-corrected chi connectivity index (χ2v) is 6.69. The highest BCUT2D eigenvalue weighted by atomic mass is 32.1. The van der Waals surface area contributed by atoms with Crippen LogP contribution in [0.5, 0.6) is 0 Å². The molecule has 2 aromatic carbocycles. The minimum atomic E-state index is 0.174. The Balaban J connectivity index is 0.000000212. The Morgan fingerprint density at radius 3 is 2.30 bits per heavy atom. The van der Waals surface area contributed by atoms with Gasteiger partial charge >= 0.3 is 0 Å².